The van der Waals surface area contributed by atoms with Gasteiger partial charge in [0.25, 0.3) is 5.91 Å². The smallest absolute Gasteiger partial charge is 0.268 e. The summed E-state index contributed by atoms with van der Waals surface area (Å²) in [5, 5.41) is 0. The van der Waals surface area contributed by atoms with Crippen LogP contribution in [0.3, 0.4) is 0 Å². The number of methoxy groups -OCH3 is 1. The molecule has 144 valence electrons. The highest BCUT2D eigenvalue weighted by molar-refractivity contribution is 5.90. The minimum Gasteiger partial charge on any atom is -0.496 e. The summed E-state index contributed by atoms with van der Waals surface area (Å²) in [4.78, 5) is 24.2. The lowest BCUT2D eigenvalue weighted by Crippen LogP contribution is -2.46. The largest absolute Gasteiger partial charge is 0.496 e. The molecule has 1 fully saturated rings. The highest BCUT2D eigenvalue weighted by Crippen LogP contribution is 2.26. The van der Waals surface area contributed by atoms with Gasteiger partial charge in [-0.05, 0) is 17.5 Å². The van der Waals surface area contributed by atoms with Crippen molar-refractivity contribution in [2.45, 2.75) is 26.3 Å². The van der Waals surface area contributed by atoms with Crippen molar-refractivity contribution in [3.05, 3.63) is 47.4 Å². The van der Waals surface area contributed by atoms with Gasteiger partial charge in [-0.15, -0.1) is 0 Å². The van der Waals surface area contributed by atoms with Gasteiger partial charge >= 0.3 is 0 Å². The average Bonchev–Trinajstić information content (AvgIpc) is 2.68. The lowest BCUT2D eigenvalue weighted by molar-refractivity contribution is 0.0995. The molecule has 0 bridgehead atoms. The molecule has 0 saturated carbocycles. The maximum Gasteiger partial charge on any atom is 0.268 e. The van der Waals surface area contributed by atoms with Crippen LogP contribution in [0.5, 0.6) is 5.75 Å². The van der Waals surface area contributed by atoms with Crippen LogP contribution in [0.1, 0.15) is 41.4 Å². The van der Waals surface area contributed by atoms with E-state index in [9.17, 15) is 4.79 Å². The third kappa shape index (κ3) is 4.54. The van der Waals surface area contributed by atoms with E-state index in [2.05, 4.69) is 51.8 Å². The fourth-order valence-electron chi connectivity index (χ4n) is 3.28. The van der Waals surface area contributed by atoms with Crippen LogP contribution in [-0.2, 0) is 6.54 Å². The number of carbonyl (C=O) groups excluding carboxylic acids is 1. The summed E-state index contributed by atoms with van der Waals surface area (Å²) in [5.41, 5.74) is 8.04. The number of carbonyl (C=O) groups is 1. The highest BCUT2D eigenvalue weighted by Gasteiger charge is 2.20. The van der Waals surface area contributed by atoms with Crippen LogP contribution in [0.2, 0.25) is 0 Å². The van der Waals surface area contributed by atoms with Crippen LogP contribution in [0.15, 0.2) is 30.6 Å². The SMILES string of the molecule is COc1ccc(C(C)C)cc1CN1CCN(c2cncc(C(N)=O)n2)CC1. The second-order valence-corrected chi connectivity index (χ2v) is 7.12. The molecule has 2 aromatic rings. The van der Waals surface area contributed by atoms with Crippen molar-refractivity contribution in [2.75, 3.05) is 38.2 Å². The van der Waals surface area contributed by atoms with E-state index in [0.29, 0.717) is 11.7 Å². The molecule has 1 saturated heterocycles. The molecule has 1 amide bonds. The molecule has 7 heteroatoms. The maximum atomic E-state index is 11.3. The Morgan fingerprint density at radius 2 is 1.96 bits per heavy atom. The number of benzene rings is 1. The van der Waals surface area contributed by atoms with E-state index in [1.165, 1.54) is 17.3 Å². The van der Waals surface area contributed by atoms with Crippen LogP contribution in [0.4, 0.5) is 5.82 Å². The fourth-order valence-corrected chi connectivity index (χ4v) is 3.28. The Morgan fingerprint density at radius 1 is 1.22 bits per heavy atom. The van der Waals surface area contributed by atoms with Gasteiger partial charge in [-0.3, -0.25) is 14.7 Å². The minimum absolute atomic E-state index is 0.199. The van der Waals surface area contributed by atoms with Gasteiger partial charge in [0.2, 0.25) is 0 Å². The molecule has 27 heavy (non-hydrogen) atoms. The standard InChI is InChI=1S/C20H27N5O2/c1-14(2)15-4-5-18(27-3)16(10-15)13-24-6-8-25(9-7-24)19-12-22-11-17(23-19)20(21)26/h4-5,10-12,14H,6-9,13H2,1-3H3,(H2,21,26). The Morgan fingerprint density at radius 3 is 2.59 bits per heavy atom. The number of piperazine rings is 1. The third-order valence-electron chi connectivity index (χ3n) is 4.94. The number of aromatic nitrogens is 2. The van der Waals surface area contributed by atoms with Gasteiger partial charge in [-0.1, -0.05) is 26.0 Å². The first-order valence-corrected chi connectivity index (χ1v) is 9.24. The van der Waals surface area contributed by atoms with Crippen molar-refractivity contribution < 1.29 is 9.53 Å². The summed E-state index contributed by atoms with van der Waals surface area (Å²) in [6.07, 6.45) is 3.08. The van der Waals surface area contributed by atoms with Gasteiger partial charge in [0.05, 0.1) is 19.5 Å². The summed E-state index contributed by atoms with van der Waals surface area (Å²) in [7, 11) is 1.72. The third-order valence-corrected chi connectivity index (χ3v) is 4.94. The molecule has 0 unspecified atom stereocenters. The minimum atomic E-state index is -0.555. The molecule has 3 rings (SSSR count). The van der Waals surface area contributed by atoms with Crippen molar-refractivity contribution in [2.24, 2.45) is 5.73 Å². The molecular formula is C20H27N5O2. The first-order chi connectivity index (χ1) is 13.0. The Bertz CT molecular complexity index is 801. The number of rotatable bonds is 6. The van der Waals surface area contributed by atoms with Gasteiger partial charge in [0.15, 0.2) is 0 Å². The van der Waals surface area contributed by atoms with E-state index in [1.54, 1.807) is 13.3 Å². The van der Waals surface area contributed by atoms with Crippen LogP contribution >= 0.6 is 0 Å². The number of nitrogens with two attached hydrogens (primary N) is 1. The molecule has 2 N–H and O–H groups in total. The summed E-state index contributed by atoms with van der Waals surface area (Å²) in [6, 6.07) is 6.44. The quantitative estimate of drug-likeness (QED) is 0.839. The first-order valence-electron chi connectivity index (χ1n) is 9.24. The van der Waals surface area contributed by atoms with Crippen molar-refractivity contribution in [3.8, 4) is 5.75 Å². The lowest BCUT2D eigenvalue weighted by atomic mass is 10.00. The van der Waals surface area contributed by atoms with Crippen molar-refractivity contribution >= 4 is 11.7 Å². The first kappa shape index (κ1) is 19.1. The van der Waals surface area contributed by atoms with Crippen molar-refractivity contribution in [3.63, 3.8) is 0 Å². The number of hydrogen-bond acceptors (Lipinski definition) is 6. The monoisotopic (exact) mass is 369 g/mol. The summed E-state index contributed by atoms with van der Waals surface area (Å²) < 4.78 is 5.55. The number of nitrogens with zero attached hydrogens (tertiary/aromatic N) is 4. The second-order valence-electron chi connectivity index (χ2n) is 7.12. The van der Waals surface area contributed by atoms with Crippen LogP contribution in [0.25, 0.3) is 0 Å². The normalized spacial score (nSPS) is 15.2. The van der Waals surface area contributed by atoms with Crippen LogP contribution < -0.4 is 15.4 Å². The molecule has 1 aromatic heterocycles. The summed E-state index contributed by atoms with van der Waals surface area (Å²) in [6.45, 7) is 8.70. The summed E-state index contributed by atoms with van der Waals surface area (Å²) in [5.74, 6) is 1.56. The number of amides is 1. The number of primary amides is 1. The van der Waals surface area contributed by atoms with Gasteiger partial charge < -0.3 is 15.4 Å². The summed E-state index contributed by atoms with van der Waals surface area (Å²) >= 11 is 0. The zero-order chi connectivity index (χ0) is 19.4. The number of anilines is 1. The van der Waals surface area contributed by atoms with Gasteiger partial charge in [0.1, 0.15) is 17.3 Å². The van der Waals surface area contributed by atoms with E-state index < -0.39 is 5.91 Å². The van der Waals surface area contributed by atoms with E-state index >= 15 is 0 Å². The lowest BCUT2D eigenvalue weighted by Gasteiger charge is -2.35. The van der Waals surface area contributed by atoms with Crippen molar-refractivity contribution in [1.29, 1.82) is 0 Å². The average molecular weight is 369 g/mol. The van der Waals surface area contributed by atoms with Crippen LogP contribution in [0, 0.1) is 0 Å². The Kier molecular flexibility index (Phi) is 5.91. The molecule has 0 atom stereocenters. The Labute approximate surface area is 160 Å². The van der Waals surface area contributed by atoms with Gasteiger partial charge in [0, 0.05) is 38.3 Å². The molecule has 1 aromatic carbocycles. The molecular weight excluding hydrogens is 342 g/mol. The molecule has 0 spiro atoms. The predicted molar refractivity (Wildman–Crippen MR) is 105 cm³/mol. The number of ether oxygens (including phenoxy) is 1. The Balaban J connectivity index is 1.65. The molecule has 1 aliphatic heterocycles. The molecule has 2 heterocycles. The zero-order valence-electron chi connectivity index (χ0n) is 16.2. The predicted octanol–water partition coefficient (Wildman–Crippen LogP) is 2.03. The van der Waals surface area contributed by atoms with E-state index in [0.717, 1.165) is 38.5 Å². The molecule has 0 radical (unpaired) electrons. The maximum absolute atomic E-state index is 11.3. The molecule has 0 aliphatic carbocycles. The van der Waals surface area contributed by atoms with Crippen molar-refractivity contribution in [1.82, 2.24) is 14.9 Å². The molecule has 7 nitrogen and oxygen atoms in total. The van der Waals surface area contributed by atoms with E-state index in [-0.39, 0.29) is 5.69 Å². The van der Waals surface area contributed by atoms with Gasteiger partial charge in [-0.2, -0.15) is 0 Å². The van der Waals surface area contributed by atoms with Gasteiger partial charge in [-0.25, -0.2) is 4.98 Å². The number of hydrogen-bond donors (Lipinski definition) is 1. The molecule has 1 aliphatic rings. The van der Waals surface area contributed by atoms with Crippen LogP contribution in [-0.4, -0.2) is 54.1 Å². The highest BCUT2D eigenvalue weighted by atomic mass is 16.5. The zero-order valence-corrected chi connectivity index (χ0v) is 16.2. The Hall–Kier alpha value is -2.67. The van der Waals surface area contributed by atoms with E-state index in [4.69, 9.17) is 10.5 Å². The van der Waals surface area contributed by atoms with E-state index in [1.807, 2.05) is 0 Å². The topological polar surface area (TPSA) is 84.6 Å². The fraction of sp³-hybridized carbons (Fsp3) is 0.450. The second kappa shape index (κ2) is 8.35.